The van der Waals surface area contributed by atoms with Crippen molar-refractivity contribution in [1.29, 1.82) is 0 Å². The van der Waals surface area contributed by atoms with Gasteiger partial charge in [-0.15, -0.1) is 11.8 Å². The molecule has 0 fully saturated rings. The maximum atomic E-state index is 12.0. The number of rotatable bonds is 6. The molecule has 0 aliphatic heterocycles. The van der Waals surface area contributed by atoms with Gasteiger partial charge in [-0.05, 0) is 43.7 Å². The quantitative estimate of drug-likeness (QED) is 0.728. The number of carbonyl (C=O) groups is 2. The van der Waals surface area contributed by atoms with Gasteiger partial charge in [-0.1, -0.05) is 40.9 Å². The molecule has 0 saturated carbocycles. The fraction of sp³-hybridized carbons (Fsp3) is 0.222. The SMILES string of the molecule is Cc1ccc(NC(=O)CSCC(=O)Nc2ccc(Cl)c(Cl)c2)c(C)c1. The van der Waals surface area contributed by atoms with Crippen LogP contribution in [0.2, 0.25) is 10.0 Å². The average molecular weight is 397 g/mol. The number of amides is 2. The number of hydrogen-bond acceptors (Lipinski definition) is 3. The van der Waals surface area contributed by atoms with Gasteiger partial charge in [-0.2, -0.15) is 0 Å². The van der Waals surface area contributed by atoms with E-state index in [0.29, 0.717) is 15.7 Å². The molecule has 4 nitrogen and oxygen atoms in total. The van der Waals surface area contributed by atoms with E-state index in [9.17, 15) is 9.59 Å². The third kappa shape index (κ3) is 6.27. The maximum Gasteiger partial charge on any atom is 0.234 e. The van der Waals surface area contributed by atoms with Crippen molar-refractivity contribution in [3.63, 3.8) is 0 Å². The summed E-state index contributed by atoms with van der Waals surface area (Å²) in [6, 6.07) is 10.7. The van der Waals surface area contributed by atoms with Gasteiger partial charge in [0.15, 0.2) is 0 Å². The first kappa shape index (κ1) is 19.6. The molecule has 2 aromatic carbocycles. The largest absolute Gasteiger partial charge is 0.325 e. The fourth-order valence-electron chi connectivity index (χ4n) is 2.15. The average Bonchev–Trinajstić information content (AvgIpc) is 2.54. The van der Waals surface area contributed by atoms with Crippen LogP contribution in [-0.4, -0.2) is 23.3 Å². The van der Waals surface area contributed by atoms with Crippen LogP contribution in [0, 0.1) is 13.8 Å². The monoisotopic (exact) mass is 396 g/mol. The highest BCUT2D eigenvalue weighted by Crippen LogP contribution is 2.25. The molecule has 0 heterocycles. The van der Waals surface area contributed by atoms with Gasteiger partial charge in [0.05, 0.1) is 21.6 Å². The van der Waals surface area contributed by atoms with Gasteiger partial charge < -0.3 is 10.6 Å². The molecule has 132 valence electrons. The van der Waals surface area contributed by atoms with Crippen LogP contribution in [0.1, 0.15) is 11.1 Å². The zero-order chi connectivity index (χ0) is 18.4. The Hall–Kier alpha value is -1.69. The molecule has 0 aliphatic rings. The van der Waals surface area contributed by atoms with Gasteiger partial charge in [0.25, 0.3) is 0 Å². The van der Waals surface area contributed by atoms with Crippen molar-refractivity contribution in [2.75, 3.05) is 22.1 Å². The molecule has 0 saturated heterocycles. The summed E-state index contributed by atoms with van der Waals surface area (Å²) in [6.07, 6.45) is 0. The van der Waals surface area contributed by atoms with Crippen LogP contribution in [0.25, 0.3) is 0 Å². The molecule has 25 heavy (non-hydrogen) atoms. The van der Waals surface area contributed by atoms with Crippen molar-refractivity contribution in [3.05, 3.63) is 57.6 Å². The Morgan fingerprint density at radius 3 is 2.24 bits per heavy atom. The molecule has 2 amide bonds. The lowest BCUT2D eigenvalue weighted by atomic mass is 10.1. The van der Waals surface area contributed by atoms with Crippen molar-refractivity contribution in [2.24, 2.45) is 0 Å². The van der Waals surface area contributed by atoms with Gasteiger partial charge in [-0.3, -0.25) is 9.59 Å². The summed E-state index contributed by atoms with van der Waals surface area (Å²) in [7, 11) is 0. The first-order valence-corrected chi connectivity index (χ1v) is 9.46. The van der Waals surface area contributed by atoms with Crippen LogP contribution in [0.15, 0.2) is 36.4 Å². The topological polar surface area (TPSA) is 58.2 Å². The lowest BCUT2D eigenvalue weighted by molar-refractivity contribution is -0.114. The van der Waals surface area contributed by atoms with E-state index in [0.717, 1.165) is 16.8 Å². The highest BCUT2D eigenvalue weighted by atomic mass is 35.5. The smallest absolute Gasteiger partial charge is 0.234 e. The van der Waals surface area contributed by atoms with E-state index >= 15 is 0 Å². The first-order valence-electron chi connectivity index (χ1n) is 7.55. The highest BCUT2D eigenvalue weighted by molar-refractivity contribution is 8.00. The van der Waals surface area contributed by atoms with Gasteiger partial charge in [0, 0.05) is 11.4 Å². The van der Waals surface area contributed by atoms with E-state index in [1.54, 1.807) is 18.2 Å². The van der Waals surface area contributed by atoms with E-state index in [-0.39, 0.29) is 23.3 Å². The number of nitrogens with one attached hydrogen (secondary N) is 2. The van der Waals surface area contributed by atoms with Crippen molar-refractivity contribution in [3.8, 4) is 0 Å². The van der Waals surface area contributed by atoms with Gasteiger partial charge >= 0.3 is 0 Å². The highest BCUT2D eigenvalue weighted by Gasteiger charge is 2.08. The van der Waals surface area contributed by atoms with Crippen LogP contribution >= 0.6 is 35.0 Å². The Bertz CT molecular complexity index is 797. The molecule has 0 unspecified atom stereocenters. The van der Waals surface area contributed by atoms with Crippen molar-refractivity contribution in [2.45, 2.75) is 13.8 Å². The van der Waals surface area contributed by atoms with Crippen molar-refractivity contribution < 1.29 is 9.59 Å². The predicted octanol–water partition coefficient (Wildman–Crippen LogP) is 4.92. The Balaban J connectivity index is 1.76. The summed E-state index contributed by atoms with van der Waals surface area (Å²) >= 11 is 13.0. The number of benzene rings is 2. The summed E-state index contributed by atoms with van der Waals surface area (Å²) in [5.74, 6) is 0.0184. The molecule has 0 aromatic heterocycles. The minimum atomic E-state index is -0.206. The summed E-state index contributed by atoms with van der Waals surface area (Å²) in [4.78, 5) is 23.9. The summed E-state index contributed by atoms with van der Waals surface area (Å²) < 4.78 is 0. The molecule has 0 spiro atoms. The summed E-state index contributed by atoms with van der Waals surface area (Å²) in [5, 5.41) is 6.37. The molecule has 0 bridgehead atoms. The second-order valence-corrected chi connectivity index (χ2v) is 7.34. The number of anilines is 2. The lowest BCUT2D eigenvalue weighted by Crippen LogP contribution is -2.18. The van der Waals surface area contributed by atoms with E-state index in [1.165, 1.54) is 11.8 Å². The maximum absolute atomic E-state index is 12.0. The number of thioether (sulfide) groups is 1. The minimum Gasteiger partial charge on any atom is -0.325 e. The summed E-state index contributed by atoms with van der Waals surface area (Å²) in [5.41, 5.74) is 3.51. The number of hydrogen-bond donors (Lipinski definition) is 2. The Labute approximate surface area is 161 Å². The number of halogens is 2. The normalized spacial score (nSPS) is 10.4. The van der Waals surface area contributed by atoms with E-state index in [2.05, 4.69) is 10.6 Å². The number of aryl methyl sites for hydroxylation is 2. The van der Waals surface area contributed by atoms with Gasteiger partial charge in [-0.25, -0.2) is 0 Å². The zero-order valence-corrected chi connectivity index (χ0v) is 16.2. The van der Waals surface area contributed by atoms with Crippen LogP contribution in [0.4, 0.5) is 11.4 Å². The fourth-order valence-corrected chi connectivity index (χ4v) is 3.06. The zero-order valence-electron chi connectivity index (χ0n) is 13.9. The van der Waals surface area contributed by atoms with Crippen LogP contribution < -0.4 is 10.6 Å². The summed E-state index contributed by atoms with van der Waals surface area (Å²) in [6.45, 7) is 3.95. The minimum absolute atomic E-state index is 0.140. The van der Waals surface area contributed by atoms with Gasteiger partial charge in [0.1, 0.15) is 0 Å². The van der Waals surface area contributed by atoms with Crippen LogP contribution in [0.5, 0.6) is 0 Å². The molecular weight excluding hydrogens is 379 g/mol. The van der Waals surface area contributed by atoms with Crippen molar-refractivity contribution in [1.82, 2.24) is 0 Å². The Morgan fingerprint density at radius 2 is 1.60 bits per heavy atom. The third-order valence-corrected chi connectivity index (χ3v) is 5.00. The van der Waals surface area contributed by atoms with E-state index in [4.69, 9.17) is 23.2 Å². The van der Waals surface area contributed by atoms with E-state index < -0.39 is 0 Å². The Kier molecular flexibility index (Phi) is 7.17. The molecule has 0 aliphatic carbocycles. The number of carbonyl (C=O) groups excluding carboxylic acids is 2. The Morgan fingerprint density at radius 1 is 0.920 bits per heavy atom. The lowest BCUT2D eigenvalue weighted by Gasteiger charge is -2.09. The molecule has 2 aromatic rings. The molecule has 2 N–H and O–H groups in total. The third-order valence-electron chi connectivity index (χ3n) is 3.33. The van der Waals surface area contributed by atoms with Gasteiger partial charge in [0.2, 0.25) is 11.8 Å². The molecule has 0 atom stereocenters. The van der Waals surface area contributed by atoms with Crippen molar-refractivity contribution >= 4 is 58.2 Å². The molecule has 2 rings (SSSR count). The van der Waals surface area contributed by atoms with Crippen LogP contribution in [0.3, 0.4) is 0 Å². The second-order valence-electron chi connectivity index (χ2n) is 5.54. The molecule has 7 heteroatoms. The molecular formula is C18H18Cl2N2O2S. The first-order chi connectivity index (χ1) is 11.8. The second kappa shape index (κ2) is 9.13. The van der Waals surface area contributed by atoms with Crippen LogP contribution in [-0.2, 0) is 9.59 Å². The van der Waals surface area contributed by atoms with E-state index in [1.807, 2.05) is 32.0 Å². The molecule has 0 radical (unpaired) electrons. The standard InChI is InChI=1S/C18H18Cl2N2O2S/c1-11-3-6-16(12(2)7-11)22-18(24)10-25-9-17(23)21-13-4-5-14(19)15(20)8-13/h3-8H,9-10H2,1-2H3,(H,21,23)(H,22,24). The predicted molar refractivity (Wildman–Crippen MR) is 107 cm³/mol.